The van der Waals surface area contributed by atoms with Crippen molar-refractivity contribution >= 4 is 17.3 Å². The number of nitrogens with one attached hydrogen (secondary N) is 2. The lowest BCUT2D eigenvalue weighted by Crippen LogP contribution is -2.30. The number of anilines is 1. The van der Waals surface area contributed by atoms with Gasteiger partial charge in [-0.2, -0.15) is 0 Å². The van der Waals surface area contributed by atoms with Crippen LogP contribution < -0.4 is 15.4 Å². The summed E-state index contributed by atoms with van der Waals surface area (Å²) < 4.78 is 5.13. The normalized spacial score (nSPS) is 19.6. The summed E-state index contributed by atoms with van der Waals surface area (Å²) in [6.45, 7) is 3.33. The number of piperidine rings is 1. The minimum absolute atomic E-state index is 0.654. The fraction of sp³-hybridized carbons (Fsp3) is 0.571. The van der Waals surface area contributed by atoms with Crippen molar-refractivity contribution in [1.82, 2.24) is 5.32 Å². The number of ether oxygens (including phenoxy) is 1. The molecule has 0 spiro atoms. The zero-order valence-corrected chi connectivity index (χ0v) is 11.6. The van der Waals surface area contributed by atoms with Crippen molar-refractivity contribution in [3.63, 3.8) is 0 Å². The van der Waals surface area contributed by atoms with Gasteiger partial charge in [0.05, 0.1) is 12.1 Å². The summed E-state index contributed by atoms with van der Waals surface area (Å²) in [6, 6.07) is 5.82. The molecule has 1 aliphatic rings. The van der Waals surface area contributed by atoms with Crippen LogP contribution in [0.2, 0.25) is 5.02 Å². The van der Waals surface area contributed by atoms with Gasteiger partial charge < -0.3 is 15.4 Å². The Morgan fingerprint density at radius 2 is 2.39 bits per heavy atom. The van der Waals surface area contributed by atoms with Crippen molar-refractivity contribution in [3.8, 4) is 5.75 Å². The Morgan fingerprint density at radius 1 is 1.50 bits per heavy atom. The second-order valence-corrected chi connectivity index (χ2v) is 5.18. The number of hydrogen-bond donors (Lipinski definition) is 2. The molecule has 100 valence electrons. The van der Waals surface area contributed by atoms with Crippen LogP contribution in [-0.2, 0) is 0 Å². The number of benzene rings is 1. The first-order valence-electron chi connectivity index (χ1n) is 6.57. The van der Waals surface area contributed by atoms with E-state index >= 15 is 0 Å². The molecule has 0 radical (unpaired) electrons. The van der Waals surface area contributed by atoms with Crippen LogP contribution in [0, 0.1) is 5.92 Å². The summed E-state index contributed by atoms with van der Waals surface area (Å²) in [5, 5.41) is 7.51. The second kappa shape index (κ2) is 6.86. The SMILES string of the molecule is COc1ccc(NCCC2CCCNC2)cc1Cl. The van der Waals surface area contributed by atoms with Crippen molar-refractivity contribution in [2.45, 2.75) is 19.3 Å². The predicted molar refractivity (Wildman–Crippen MR) is 76.7 cm³/mol. The molecule has 1 heterocycles. The molecule has 1 atom stereocenters. The Hall–Kier alpha value is -0.930. The molecular formula is C14H21ClN2O. The lowest BCUT2D eigenvalue weighted by Gasteiger charge is -2.22. The Bertz CT molecular complexity index is 378. The number of rotatable bonds is 5. The van der Waals surface area contributed by atoms with Crippen LogP contribution in [-0.4, -0.2) is 26.7 Å². The number of halogens is 1. The molecule has 1 unspecified atom stereocenters. The van der Waals surface area contributed by atoms with Gasteiger partial charge in [0.15, 0.2) is 0 Å². The van der Waals surface area contributed by atoms with E-state index in [2.05, 4.69) is 10.6 Å². The van der Waals surface area contributed by atoms with Gasteiger partial charge in [-0.25, -0.2) is 0 Å². The molecule has 0 amide bonds. The van der Waals surface area contributed by atoms with Gasteiger partial charge in [-0.05, 0) is 56.5 Å². The fourth-order valence-corrected chi connectivity index (χ4v) is 2.63. The first kappa shape index (κ1) is 13.5. The molecule has 1 aromatic rings. The van der Waals surface area contributed by atoms with Gasteiger partial charge in [0, 0.05) is 12.2 Å². The van der Waals surface area contributed by atoms with E-state index in [-0.39, 0.29) is 0 Å². The maximum absolute atomic E-state index is 6.08. The summed E-state index contributed by atoms with van der Waals surface area (Å²) in [4.78, 5) is 0. The highest BCUT2D eigenvalue weighted by Gasteiger charge is 2.12. The van der Waals surface area contributed by atoms with Crippen molar-refractivity contribution in [2.24, 2.45) is 5.92 Å². The fourth-order valence-electron chi connectivity index (χ4n) is 2.37. The maximum Gasteiger partial charge on any atom is 0.137 e. The van der Waals surface area contributed by atoms with E-state index in [1.54, 1.807) is 7.11 Å². The summed E-state index contributed by atoms with van der Waals surface area (Å²) >= 11 is 6.08. The van der Waals surface area contributed by atoms with E-state index in [1.165, 1.54) is 25.8 Å². The van der Waals surface area contributed by atoms with Crippen LogP contribution >= 0.6 is 11.6 Å². The zero-order valence-electron chi connectivity index (χ0n) is 10.8. The third kappa shape index (κ3) is 3.79. The third-order valence-corrected chi connectivity index (χ3v) is 3.73. The first-order valence-corrected chi connectivity index (χ1v) is 6.95. The molecule has 1 saturated heterocycles. The zero-order chi connectivity index (χ0) is 12.8. The smallest absolute Gasteiger partial charge is 0.137 e. The topological polar surface area (TPSA) is 33.3 Å². The van der Waals surface area contributed by atoms with Gasteiger partial charge in [0.2, 0.25) is 0 Å². The minimum atomic E-state index is 0.654. The van der Waals surface area contributed by atoms with Crippen LogP contribution in [0.3, 0.4) is 0 Å². The van der Waals surface area contributed by atoms with E-state index in [1.807, 2.05) is 18.2 Å². The van der Waals surface area contributed by atoms with Crippen LogP contribution in [0.15, 0.2) is 18.2 Å². The molecule has 1 fully saturated rings. The molecule has 3 nitrogen and oxygen atoms in total. The van der Waals surface area contributed by atoms with Crippen molar-refractivity contribution < 1.29 is 4.74 Å². The largest absolute Gasteiger partial charge is 0.495 e. The molecular weight excluding hydrogens is 248 g/mol. The molecule has 0 aromatic heterocycles. The monoisotopic (exact) mass is 268 g/mol. The lowest BCUT2D eigenvalue weighted by molar-refractivity contribution is 0.364. The van der Waals surface area contributed by atoms with Crippen LogP contribution in [0.4, 0.5) is 5.69 Å². The molecule has 1 aromatic carbocycles. The Balaban J connectivity index is 1.77. The maximum atomic E-state index is 6.08. The van der Waals surface area contributed by atoms with Gasteiger partial charge in [-0.15, -0.1) is 0 Å². The van der Waals surface area contributed by atoms with Gasteiger partial charge in [-0.3, -0.25) is 0 Å². The summed E-state index contributed by atoms with van der Waals surface area (Å²) in [6.07, 6.45) is 3.85. The molecule has 18 heavy (non-hydrogen) atoms. The Morgan fingerprint density at radius 3 is 3.06 bits per heavy atom. The molecule has 1 aliphatic heterocycles. The van der Waals surface area contributed by atoms with Crippen LogP contribution in [0.5, 0.6) is 5.75 Å². The molecule has 0 aliphatic carbocycles. The summed E-state index contributed by atoms with van der Waals surface area (Å²) in [7, 11) is 1.63. The van der Waals surface area contributed by atoms with Crippen molar-refractivity contribution in [2.75, 3.05) is 32.1 Å². The molecule has 0 saturated carbocycles. The van der Waals surface area contributed by atoms with Crippen LogP contribution in [0.25, 0.3) is 0 Å². The average molecular weight is 269 g/mol. The molecule has 2 rings (SSSR count). The third-order valence-electron chi connectivity index (χ3n) is 3.43. The first-order chi connectivity index (χ1) is 8.79. The molecule has 4 heteroatoms. The van der Waals surface area contributed by atoms with E-state index in [0.717, 1.165) is 30.4 Å². The highest BCUT2D eigenvalue weighted by molar-refractivity contribution is 6.32. The quantitative estimate of drug-likeness (QED) is 0.861. The van der Waals surface area contributed by atoms with Crippen LogP contribution in [0.1, 0.15) is 19.3 Å². The average Bonchev–Trinajstić information content (AvgIpc) is 2.40. The van der Waals surface area contributed by atoms with Gasteiger partial charge >= 0.3 is 0 Å². The van der Waals surface area contributed by atoms with E-state index < -0.39 is 0 Å². The number of methoxy groups -OCH3 is 1. The van der Waals surface area contributed by atoms with E-state index in [9.17, 15) is 0 Å². The molecule has 2 N–H and O–H groups in total. The van der Waals surface area contributed by atoms with Gasteiger partial charge in [-0.1, -0.05) is 11.6 Å². The van der Waals surface area contributed by atoms with Crippen molar-refractivity contribution in [3.05, 3.63) is 23.2 Å². The second-order valence-electron chi connectivity index (χ2n) is 4.78. The highest BCUT2D eigenvalue weighted by atomic mass is 35.5. The van der Waals surface area contributed by atoms with Gasteiger partial charge in [0.25, 0.3) is 0 Å². The minimum Gasteiger partial charge on any atom is -0.495 e. The highest BCUT2D eigenvalue weighted by Crippen LogP contribution is 2.27. The number of hydrogen-bond acceptors (Lipinski definition) is 3. The van der Waals surface area contributed by atoms with E-state index in [0.29, 0.717) is 5.02 Å². The summed E-state index contributed by atoms with van der Waals surface area (Å²) in [5.74, 6) is 1.53. The Labute approximate surface area is 114 Å². The predicted octanol–water partition coefficient (Wildman–Crippen LogP) is 3.15. The Kier molecular flexibility index (Phi) is 5.14. The van der Waals surface area contributed by atoms with Gasteiger partial charge in [0.1, 0.15) is 5.75 Å². The summed E-state index contributed by atoms with van der Waals surface area (Å²) in [5.41, 5.74) is 1.06. The molecule has 0 bridgehead atoms. The lowest BCUT2D eigenvalue weighted by atomic mass is 9.96. The van der Waals surface area contributed by atoms with Crippen molar-refractivity contribution in [1.29, 1.82) is 0 Å². The standard InChI is InChI=1S/C14H21ClN2O/c1-18-14-5-4-12(9-13(14)15)17-8-6-11-3-2-7-16-10-11/h4-5,9,11,16-17H,2-3,6-8,10H2,1H3. The van der Waals surface area contributed by atoms with E-state index in [4.69, 9.17) is 16.3 Å².